The van der Waals surface area contributed by atoms with Crippen LogP contribution in [0.25, 0.3) is 0 Å². The van der Waals surface area contributed by atoms with Crippen LogP contribution in [0.15, 0.2) is 76.7 Å². The molecule has 2 aromatic carbocycles. The molecule has 2 heterocycles. The van der Waals surface area contributed by atoms with E-state index in [1.165, 1.54) is 6.20 Å². The van der Waals surface area contributed by atoms with Crippen molar-refractivity contribution in [3.8, 4) is 5.88 Å². The van der Waals surface area contributed by atoms with E-state index in [0.29, 0.717) is 6.61 Å². The van der Waals surface area contributed by atoms with Crippen LogP contribution in [0.3, 0.4) is 0 Å². The summed E-state index contributed by atoms with van der Waals surface area (Å²) in [6, 6.07) is 18.5. The van der Waals surface area contributed by atoms with Gasteiger partial charge in [0.05, 0.1) is 18.0 Å². The summed E-state index contributed by atoms with van der Waals surface area (Å²) in [5.74, 6) is -0.791. The Labute approximate surface area is 172 Å². The molecule has 0 radical (unpaired) electrons. The van der Waals surface area contributed by atoms with Gasteiger partial charge in [0.25, 0.3) is 5.91 Å². The molecule has 1 amide bonds. The second-order valence-corrected chi connectivity index (χ2v) is 7.22. The predicted molar refractivity (Wildman–Crippen MR) is 110 cm³/mol. The summed E-state index contributed by atoms with van der Waals surface area (Å²) in [5.41, 5.74) is 1.74. The minimum atomic E-state index is -0.650. The van der Waals surface area contributed by atoms with Gasteiger partial charge in [0.2, 0.25) is 5.88 Å². The van der Waals surface area contributed by atoms with E-state index in [1.54, 1.807) is 35.7 Å². The summed E-state index contributed by atoms with van der Waals surface area (Å²) in [7, 11) is 0. The summed E-state index contributed by atoms with van der Waals surface area (Å²) in [5, 5.41) is 0. The average molecular weight is 406 g/mol. The Kier molecular flexibility index (Phi) is 5.48. The number of esters is 1. The number of amides is 1. The number of aromatic nitrogens is 1. The van der Waals surface area contributed by atoms with Crippen LogP contribution in [-0.4, -0.2) is 30.1 Å². The minimum Gasteiger partial charge on any atom is -0.477 e. The summed E-state index contributed by atoms with van der Waals surface area (Å²) in [6.45, 7) is 1.78. The van der Waals surface area contributed by atoms with Gasteiger partial charge in [0, 0.05) is 16.0 Å². The van der Waals surface area contributed by atoms with Gasteiger partial charge in [0.1, 0.15) is 5.56 Å². The Morgan fingerprint density at radius 3 is 2.28 bits per heavy atom. The van der Waals surface area contributed by atoms with Gasteiger partial charge in [-0.3, -0.25) is 9.69 Å². The highest BCUT2D eigenvalue weighted by Crippen LogP contribution is 2.47. The van der Waals surface area contributed by atoms with E-state index in [1.807, 2.05) is 48.5 Å². The molecule has 0 N–H and O–H groups in total. The fourth-order valence-electron chi connectivity index (χ4n) is 3.04. The SMILES string of the molecule is CCOc1ncccc1C(=O)OCC(=O)N1c2ccccc2Sc2ccccc21. The molecule has 0 aliphatic carbocycles. The highest BCUT2D eigenvalue weighted by Gasteiger charge is 2.28. The first-order valence-corrected chi connectivity index (χ1v) is 9.94. The number of benzene rings is 2. The molecule has 7 heteroatoms. The van der Waals surface area contributed by atoms with Gasteiger partial charge in [-0.1, -0.05) is 36.0 Å². The largest absolute Gasteiger partial charge is 0.477 e. The van der Waals surface area contributed by atoms with E-state index in [9.17, 15) is 9.59 Å². The molecule has 0 saturated heterocycles. The van der Waals surface area contributed by atoms with Gasteiger partial charge in [-0.05, 0) is 43.3 Å². The van der Waals surface area contributed by atoms with Crippen molar-refractivity contribution in [2.75, 3.05) is 18.1 Å². The molecular formula is C22H18N2O4S. The van der Waals surface area contributed by atoms with Crippen LogP contribution >= 0.6 is 11.8 Å². The first-order chi connectivity index (χ1) is 14.2. The van der Waals surface area contributed by atoms with Crippen molar-refractivity contribution in [2.24, 2.45) is 0 Å². The molecule has 1 aliphatic rings. The third-order valence-corrected chi connectivity index (χ3v) is 5.41. The fourth-order valence-corrected chi connectivity index (χ4v) is 4.10. The third kappa shape index (κ3) is 3.82. The zero-order valence-electron chi connectivity index (χ0n) is 15.7. The number of hydrogen-bond donors (Lipinski definition) is 0. The number of fused-ring (bicyclic) bond motifs is 2. The average Bonchev–Trinajstić information content (AvgIpc) is 2.76. The van der Waals surface area contributed by atoms with Gasteiger partial charge >= 0.3 is 5.97 Å². The summed E-state index contributed by atoms with van der Waals surface area (Å²) in [4.78, 5) is 33.1. The second kappa shape index (κ2) is 8.36. The molecule has 0 spiro atoms. The molecule has 0 saturated carbocycles. The van der Waals surface area contributed by atoms with Crippen LogP contribution in [0.5, 0.6) is 5.88 Å². The molecule has 1 aromatic heterocycles. The van der Waals surface area contributed by atoms with E-state index in [2.05, 4.69) is 4.98 Å². The number of nitrogens with zero attached hydrogens (tertiary/aromatic N) is 2. The number of rotatable bonds is 5. The van der Waals surface area contributed by atoms with Crippen molar-refractivity contribution in [3.63, 3.8) is 0 Å². The zero-order chi connectivity index (χ0) is 20.2. The Balaban J connectivity index is 1.56. The van der Waals surface area contributed by atoms with Gasteiger partial charge in [-0.2, -0.15) is 0 Å². The number of para-hydroxylation sites is 2. The number of ether oxygens (including phenoxy) is 2. The normalized spacial score (nSPS) is 12.0. The van der Waals surface area contributed by atoms with Crippen LogP contribution in [0.4, 0.5) is 11.4 Å². The molecule has 4 rings (SSSR count). The monoisotopic (exact) mass is 406 g/mol. The lowest BCUT2D eigenvalue weighted by Gasteiger charge is -2.30. The molecule has 0 bridgehead atoms. The number of carbonyl (C=O) groups excluding carboxylic acids is 2. The number of hydrogen-bond acceptors (Lipinski definition) is 6. The van der Waals surface area contributed by atoms with Crippen LogP contribution in [0.1, 0.15) is 17.3 Å². The molecule has 6 nitrogen and oxygen atoms in total. The lowest BCUT2D eigenvalue weighted by molar-refractivity contribution is -0.121. The van der Waals surface area contributed by atoms with Crippen LogP contribution < -0.4 is 9.64 Å². The molecule has 0 unspecified atom stereocenters. The smallest absolute Gasteiger partial charge is 0.344 e. The summed E-state index contributed by atoms with van der Waals surface area (Å²) >= 11 is 1.61. The standard InChI is InChI=1S/C22H18N2O4S/c1-2-27-21-15(8-7-13-23-21)22(26)28-14-20(25)24-16-9-3-5-11-18(16)29-19-12-6-4-10-17(19)24/h3-13H,2,14H2,1H3. The quantitative estimate of drug-likeness (QED) is 0.583. The molecule has 3 aromatic rings. The van der Waals surface area contributed by atoms with Gasteiger partial charge < -0.3 is 9.47 Å². The zero-order valence-corrected chi connectivity index (χ0v) is 16.5. The molecular weight excluding hydrogens is 388 g/mol. The van der Waals surface area contributed by atoms with Crippen molar-refractivity contribution in [1.29, 1.82) is 0 Å². The Bertz CT molecular complexity index is 1020. The van der Waals surface area contributed by atoms with Gasteiger partial charge in [0.15, 0.2) is 6.61 Å². The Morgan fingerprint density at radius 2 is 1.62 bits per heavy atom. The van der Waals surface area contributed by atoms with E-state index >= 15 is 0 Å². The number of pyridine rings is 1. The first-order valence-electron chi connectivity index (χ1n) is 9.13. The van der Waals surface area contributed by atoms with Crippen molar-refractivity contribution >= 4 is 35.0 Å². The van der Waals surface area contributed by atoms with Crippen LogP contribution in [-0.2, 0) is 9.53 Å². The molecule has 0 fully saturated rings. The van der Waals surface area contributed by atoms with Gasteiger partial charge in [-0.15, -0.1) is 0 Å². The Morgan fingerprint density at radius 1 is 0.966 bits per heavy atom. The highest BCUT2D eigenvalue weighted by atomic mass is 32.2. The number of anilines is 2. The van der Waals surface area contributed by atoms with Gasteiger partial charge in [-0.25, -0.2) is 9.78 Å². The third-order valence-electron chi connectivity index (χ3n) is 4.28. The van der Waals surface area contributed by atoms with E-state index in [0.717, 1.165) is 21.2 Å². The maximum absolute atomic E-state index is 13.1. The van der Waals surface area contributed by atoms with E-state index < -0.39 is 12.6 Å². The summed E-state index contributed by atoms with van der Waals surface area (Å²) < 4.78 is 10.7. The van der Waals surface area contributed by atoms with Crippen molar-refractivity contribution in [3.05, 3.63) is 72.4 Å². The van der Waals surface area contributed by atoms with Crippen LogP contribution in [0.2, 0.25) is 0 Å². The lowest BCUT2D eigenvalue weighted by atomic mass is 10.2. The lowest BCUT2D eigenvalue weighted by Crippen LogP contribution is -2.32. The first kappa shape index (κ1) is 19.0. The van der Waals surface area contributed by atoms with E-state index in [4.69, 9.17) is 9.47 Å². The van der Waals surface area contributed by atoms with Crippen molar-refractivity contribution < 1.29 is 19.1 Å². The maximum atomic E-state index is 13.1. The van der Waals surface area contributed by atoms with Crippen molar-refractivity contribution in [1.82, 2.24) is 4.98 Å². The minimum absolute atomic E-state index is 0.192. The van der Waals surface area contributed by atoms with Crippen molar-refractivity contribution in [2.45, 2.75) is 16.7 Å². The molecule has 146 valence electrons. The van der Waals surface area contributed by atoms with Crippen LogP contribution in [0, 0.1) is 0 Å². The Hall–Kier alpha value is -3.32. The van der Waals surface area contributed by atoms with E-state index in [-0.39, 0.29) is 17.4 Å². The summed E-state index contributed by atoms with van der Waals surface area (Å²) in [6.07, 6.45) is 1.53. The molecule has 29 heavy (non-hydrogen) atoms. The molecule has 1 aliphatic heterocycles. The maximum Gasteiger partial charge on any atom is 0.344 e. The highest BCUT2D eigenvalue weighted by molar-refractivity contribution is 7.99. The number of carbonyl (C=O) groups is 2. The fraction of sp³-hybridized carbons (Fsp3) is 0.136. The topological polar surface area (TPSA) is 68.7 Å². The predicted octanol–water partition coefficient (Wildman–Crippen LogP) is 4.47. The molecule has 0 atom stereocenters. The second-order valence-electron chi connectivity index (χ2n) is 6.13.